The molecule has 3 rings (SSSR count). The summed E-state index contributed by atoms with van der Waals surface area (Å²) in [6, 6.07) is 6.46. The van der Waals surface area contributed by atoms with Crippen molar-refractivity contribution in [1.82, 2.24) is 5.32 Å². The minimum atomic E-state index is 0.295. The van der Waals surface area contributed by atoms with Crippen LogP contribution in [0.2, 0.25) is 0 Å². The first-order valence-electron chi connectivity index (χ1n) is 7.24. The smallest absolute Gasteiger partial charge is 0.123 e. The molecule has 2 nitrogen and oxygen atoms in total. The monoisotopic (exact) mass is 279 g/mol. The van der Waals surface area contributed by atoms with Gasteiger partial charge in [-0.1, -0.05) is 17.7 Å². The second-order valence-corrected chi connectivity index (χ2v) is 6.50. The fraction of sp³-hybridized carbons (Fsp3) is 0.625. The highest BCUT2D eigenvalue weighted by molar-refractivity contribution is 6.17. The van der Waals surface area contributed by atoms with Gasteiger partial charge >= 0.3 is 0 Å². The van der Waals surface area contributed by atoms with Crippen LogP contribution in [0.3, 0.4) is 0 Å². The summed E-state index contributed by atoms with van der Waals surface area (Å²) < 4.78 is 5.97. The normalized spacial score (nSPS) is 22.9. The average molecular weight is 280 g/mol. The molecule has 3 heteroatoms. The standard InChI is InChI=1S/C16H22ClNO/c1-12-2-3-15-13(8-12)9-14(19-15)10-18-11-16(4-5-16)6-7-17/h2-3,8,14,18H,4-7,9-11H2,1H3. The Balaban J connectivity index is 1.46. The Kier molecular flexibility index (Phi) is 3.72. The summed E-state index contributed by atoms with van der Waals surface area (Å²) in [5.41, 5.74) is 3.17. The lowest BCUT2D eigenvalue weighted by atomic mass is 10.0. The predicted molar refractivity (Wildman–Crippen MR) is 79.2 cm³/mol. The molecule has 1 aromatic carbocycles. The second kappa shape index (κ2) is 5.34. The molecule has 0 bridgehead atoms. The zero-order valence-corrected chi connectivity index (χ0v) is 12.3. The highest BCUT2D eigenvalue weighted by Crippen LogP contribution is 2.48. The van der Waals surface area contributed by atoms with Crippen LogP contribution in [-0.4, -0.2) is 25.1 Å². The number of hydrogen-bond acceptors (Lipinski definition) is 2. The minimum absolute atomic E-state index is 0.295. The first kappa shape index (κ1) is 13.3. The van der Waals surface area contributed by atoms with Crippen molar-refractivity contribution >= 4 is 11.6 Å². The molecule has 0 spiro atoms. The number of fused-ring (bicyclic) bond motifs is 1. The quantitative estimate of drug-likeness (QED) is 0.807. The van der Waals surface area contributed by atoms with Crippen molar-refractivity contribution < 1.29 is 4.74 Å². The van der Waals surface area contributed by atoms with Gasteiger partial charge in [0.05, 0.1) is 0 Å². The topological polar surface area (TPSA) is 21.3 Å². The molecular weight excluding hydrogens is 258 g/mol. The summed E-state index contributed by atoms with van der Waals surface area (Å²) >= 11 is 5.86. The van der Waals surface area contributed by atoms with Crippen LogP contribution in [0.1, 0.15) is 30.4 Å². The molecule has 0 radical (unpaired) electrons. The van der Waals surface area contributed by atoms with Crippen LogP contribution in [0.25, 0.3) is 0 Å². The summed E-state index contributed by atoms with van der Waals surface area (Å²) in [6.45, 7) is 4.17. The van der Waals surface area contributed by atoms with Crippen molar-refractivity contribution in [2.75, 3.05) is 19.0 Å². The van der Waals surface area contributed by atoms with Crippen molar-refractivity contribution in [3.8, 4) is 5.75 Å². The largest absolute Gasteiger partial charge is 0.488 e. The molecule has 0 saturated heterocycles. The van der Waals surface area contributed by atoms with E-state index in [0.29, 0.717) is 11.5 Å². The van der Waals surface area contributed by atoms with E-state index >= 15 is 0 Å². The van der Waals surface area contributed by atoms with E-state index in [4.69, 9.17) is 16.3 Å². The Hall–Kier alpha value is -0.730. The van der Waals surface area contributed by atoms with E-state index < -0.39 is 0 Å². The molecule has 104 valence electrons. The molecule has 1 aliphatic heterocycles. The van der Waals surface area contributed by atoms with Gasteiger partial charge in [0.25, 0.3) is 0 Å². The van der Waals surface area contributed by atoms with Crippen LogP contribution in [0.15, 0.2) is 18.2 Å². The third-order valence-corrected chi connectivity index (χ3v) is 4.60. The van der Waals surface area contributed by atoms with E-state index in [2.05, 4.69) is 30.4 Å². The number of halogens is 1. The number of ether oxygens (including phenoxy) is 1. The third kappa shape index (κ3) is 3.06. The van der Waals surface area contributed by atoms with Gasteiger partial charge in [0.2, 0.25) is 0 Å². The van der Waals surface area contributed by atoms with Crippen molar-refractivity contribution in [1.29, 1.82) is 0 Å². The predicted octanol–water partition coefficient (Wildman–Crippen LogP) is 3.30. The SMILES string of the molecule is Cc1ccc2c(c1)CC(CNCC1(CCCl)CC1)O2. The lowest BCUT2D eigenvalue weighted by Crippen LogP contribution is -2.34. The first-order chi connectivity index (χ1) is 9.21. The highest BCUT2D eigenvalue weighted by atomic mass is 35.5. The molecule has 1 unspecified atom stereocenters. The molecule has 1 fully saturated rings. The van der Waals surface area contributed by atoms with Gasteiger partial charge in [0, 0.05) is 25.4 Å². The molecule has 1 aliphatic carbocycles. The van der Waals surface area contributed by atoms with Crippen LogP contribution >= 0.6 is 11.6 Å². The number of hydrogen-bond donors (Lipinski definition) is 1. The number of alkyl halides is 1. The highest BCUT2D eigenvalue weighted by Gasteiger charge is 2.41. The van der Waals surface area contributed by atoms with Gasteiger partial charge in [-0.2, -0.15) is 0 Å². The zero-order valence-electron chi connectivity index (χ0n) is 11.5. The maximum Gasteiger partial charge on any atom is 0.123 e. The van der Waals surface area contributed by atoms with Crippen molar-refractivity contribution in [2.45, 2.75) is 38.7 Å². The molecular formula is C16H22ClNO. The van der Waals surface area contributed by atoms with Gasteiger partial charge in [-0.15, -0.1) is 11.6 Å². The van der Waals surface area contributed by atoms with Gasteiger partial charge in [-0.25, -0.2) is 0 Å². The Morgan fingerprint density at radius 3 is 3.00 bits per heavy atom. The molecule has 0 aromatic heterocycles. The van der Waals surface area contributed by atoms with Gasteiger partial charge in [0.15, 0.2) is 0 Å². The van der Waals surface area contributed by atoms with Crippen LogP contribution < -0.4 is 10.1 Å². The van der Waals surface area contributed by atoms with Crippen LogP contribution in [0.4, 0.5) is 0 Å². The zero-order chi connectivity index (χ0) is 13.3. The number of rotatable bonds is 6. The maximum absolute atomic E-state index is 5.97. The summed E-state index contributed by atoms with van der Waals surface area (Å²) in [5, 5.41) is 3.58. The molecule has 1 heterocycles. The molecule has 1 aromatic rings. The second-order valence-electron chi connectivity index (χ2n) is 6.13. The van der Waals surface area contributed by atoms with E-state index in [-0.39, 0.29) is 0 Å². The van der Waals surface area contributed by atoms with Gasteiger partial charge in [0.1, 0.15) is 11.9 Å². The molecule has 2 aliphatic rings. The maximum atomic E-state index is 5.97. The number of aryl methyl sites for hydroxylation is 1. The first-order valence-corrected chi connectivity index (χ1v) is 7.77. The summed E-state index contributed by atoms with van der Waals surface area (Å²) in [5.74, 6) is 1.85. The Labute approximate surface area is 120 Å². The molecule has 0 amide bonds. The lowest BCUT2D eigenvalue weighted by molar-refractivity contribution is 0.223. The van der Waals surface area contributed by atoms with Crippen molar-refractivity contribution in [3.63, 3.8) is 0 Å². The van der Waals surface area contributed by atoms with Crippen molar-refractivity contribution in [2.24, 2.45) is 5.41 Å². The van der Waals surface area contributed by atoms with Gasteiger partial charge < -0.3 is 10.1 Å². The summed E-state index contributed by atoms with van der Waals surface area (Å²) in [7, 11) is 0. The molecule has 1 saturated carbocycles. The Bertz CT molecular complexity index is 456. The van der Waals surface area contributed by atoms with E-state index in [9.17, 15) is 0 Å². The van der Waals surface area contributed by atoms with Crippen LogP contribution in [0, 0.1) is 12.3 Å². The van der Waals surface area contributed by atoms with E-state index in [1.165, 1.54) is 24.0 Å². The molecule has 1 atom stereocenters. The Morgan fingerprint density at radius 1 is 1.42 bits per heavy atom. The molecule has 1 N–H and O–H groups in total. The number of nitrogens with one attached hydrogen (secondary N) is 1. The molecule has 19 heavy (non-hydrogen) atoms. The summed E-state index contributed by atoms with van der Waals surface area (Å²) in [6.07, 6.45) is 5.14. The van der Waals surface area contributed by atoms with Crippen LogP contribution in [0.5, 0.6) is 5.75 Å². The van der Waals surface area contributed by atoms with E-state index in [0.717, 1.165) is 37.6 Å². The Morgan fingerprint density at radius 2 is 2.26 bits per heavy atom. The fourth-order valence-electron chi connectivity index (χ4n) is 2.95. The number of benzene rings is 1. The van der Waals surface area contributed by atoms with Crippen LogP contribution in [-0.2, 0) is 6.42 Å². The summed E-state index contributed by atoms with van der Waals surface area (Å²) in [4.78, 5) is 0. The fourth-order valence-corrected chi connectivity index (χ4v) is 3.35. The minimum Gasteiger partial charge on any atom is -0.488 e. The van der Waals surface area contributed by atoms with Gasteiger partial charge in [-0.05, 0) is 43.2 Å². The lowest BCUT2D eigenvalue weighted by Gasteiger charge is -2.17. The van der Waals surface area contributed by atoms with E-state index in [1.54, 1.807) is 0 Å². The average Bonchev–Trinajstić information content (AvgIpc) is 3.01. The van der Waals surface area contributed by atoms with Gasteiger partial charge in [-0.3, -0.25) is 0 Å². The third-order valence-electron chi connectivity index (χ3n) is 4.41. The van der Waals surface area contributed by atoms with Crippen molar-refractivity contribution in [3.05, 3.63) is 29.3 Å². The van der Waals surface area contributed by atoms with E-state index in [1.807, 2.05) is 0 Å².